The summed E-state index contributed by atoms with van der Waals surface area (Å²) < 4.78 is 24.7. The Balaban J connectivity index is 1.34. The number of nitrogens with zero attached hydrogens (tertiary/aromatic N) is 2. The van der Waals surface area contributed by atoms with E-state index >= 15 is 0 Å². The Labute approximate surface area is 135 Å². The fourth-order valence-electron chi connectivity index (χ4n) is 3.65. The third kappa shape index (κ3) is 3.41. The highest BCUT2D eigenvalue weighted by molar-refractivity contribution is 5.23. The Morgan fingerprint density at radius 1 is 1.17 bits per heavy atom. The van der Waals surface area contributed by atoms with Crippen molar-refractivity contribution in [3.05, 3.63) is 54.2 Å². The summed E-state index contributed by atoms with van der Waals surface area (Å²) in [6.45, 7) is 4.92. The van der Waals surface area contributed by atoms with E-state index in [2.05, 4.69) is 9.80 Å². The summed E-state index contributed by atoms with van der Waals surface area (Å²) in [6, 6.07) is 10.9. The third-order valence-corrected chi connectivity index (χ3v) is 4.72. The highest BCUT2D eigenvalue weighted by Gasteiger charge is 2.37. The lowest BCUT2D eigenvalue weighted by Gasteiger charge is -2.36. The van der Waals surface area contributed by atoms with E-state index < -0.39 is 0 Å². The summed E-state index contributed by atoms with van der Waals surface area (Å²) in [4.78, 5) is 4.92. The van der Waals surface area contributed by atoms with Crippen LogP contribution in [0.3, 0.4) is 0 Å². The lowest BCUT2D eigenvalue weighted by atomic mass is 10.1. The number of hydrogen-bond donors (Lipinski definition) is 0. The van der Waals surface area contributed by atoms with E-state index in [9.17, 15) is 4.39 Å². The zero-order valence-corrected chi connectivity index (χ0v) is 13.0. The smallest absolute Gasteiger partial charge is 0.126 e. The van der Waals surface area contributed by atoms with Crippen molar-refractivity contribution < 1.29 is 13.5 Å². The molecule has 4 nitrogen and oxygen atoms in total. The molecule has 1 aromatic carbocycles. The van der Waals surface area contributed by atoms with E-state index in [-0.39, 0.29) is 11.9 Å². The van der Waals surface area contributed by atoms with Crippen LogP contribution in [0.5, 0.6) is 5.75 Å². The number of ether oxygens (including phenoxy) is 1. The average Bonchev–Trinajstić information content (AvgIpc) is 3.16. The van der Waals surface area contributed by atoms with Crippen LogP contribution in [0.1, 0.15) is 12.2 Å². The van der Waals surface area contributed by atoms with E-state index in [1.165, 1.54) is 12.1 Å². The monoisotopic (exact) mass is 316 g/mol. The van der Waals surface area contributed by atoms with Gasteiger partial charge in [-0.15, -0.1) is 0 Å². The number of hydrogen-bond acceptors (Lipinski definition) is 4. The van der Waals surface area contributed by atoms with Crippen LogP contribution in [-0.4, -0.2) is 48.1 Å². The second kappa shape index (κ2) is 6.34. The lowest BCUT2D eigenvalue weighted by molar-refractivity contribution is 0.0927. The molecule has 0 radical (unpaired) electrons. The molecule has 2 fully saturated rings. The van der Waals surface area contributed by atoms with Gasteiger partial charge in [-0.2, -0.15) is 0 Å². The largest absolute Gasteiger partial charge is 0.489 e. The summed E-state index contributed by atoms with van der Waals surface area (Å²) in [5.74, 6) is 1.40. The Hall–Kier alpha value is -1.85. The van der Waals surface area contributed by atoms with Crippen molar-refractivity contribution in [1.29, 1.82) is 0 Å². The Bertz CT molecular complexity index is 646. The molecule has 122 valence electrons. The maximum absolute atomic E-state index is 13.3. The maximum Gasteiger partial charge on any atom is 0.126 e. The van der Waals surface area contributed by atoms with Crippen LogP contribution in [-0.2, 0) is 6.54 Å². The van der Waals surface area contributed by atoms with Crippen molar-refractivity contribution in [2.45, 2.75) is 25.1 Å². The number of rotatable bonds is 4. The van der Waals surface area contributed by atoms with Crippen LogP contribution in [0.25, 0.3) is 0 Å². The topological polar surface area (TPSA) is 28.9 Å². The predicted octanol–water partition coefficient (Wildman–Crippen LogP) is 2.76. The molecule has 2 aliphatic heterocycles. The quantitative estimate of drug-likeness (QED) is 0.867. The van der Waals surface area contributed by atoms with Gasteiger partial charge in [0.25, 0.3) is 0 Å². The molecule has 0 bridgehead atoms. The van der Waals surface area contributed by atoms with Gasteiger partial charge in [0, 0.05) is 44.7 Å². The van der Waals surface area contributed by atoms with Crippen LogP contribution in [0.2, 0.25) is 0 Å². The van der Waals surface area contributed by atoms with E-state index in [0.717, 1.165) is 44.9 Å². The van der Waals surface area contributed by atoms with Gasteiger partial charge in [-0.1, -0.05) is 6.07 Å². The van der Waals surface area contributed by atoms with E-state index in [4.69, 9.17) is 9.15 Å². The first kappa shape index (κ1) is 14.7. The molecule has 0 spiro atoms. The molecule has 0 saturated carbocycles. The van der Waals surface area contributed by atoms with Crippen LogP contribution in [0.15, 0.2) is 47.1 Å². The van der Waals surface area contributed by atoms with Crippen molar-refractivity contribution in [1.82, 2.24) is 9.80 Å². The summed E-state index contributed by atoms with van der Waals surface area (Å²) in [7, 11) is 0. The minimum absolute atomic E-state index is 0.144. The van der Waals surface area contributed by atoms with Gasteiger partial charge in [0.1, 0.15) is 23.4 Å². The van der Waals surface area contributed by atoms with Gasteiger partial charge in [-0.3, -0.25) is 9.80 Å². The number of fused-ring (bicyclic) bond motifs is 1. The van der Waals surface area contributed by atoms with Gasteiger partial charge in [-0.05, 0) is 24.3 Å². The molecule has 2 saturated heterocycles. The van der Waals surface area contributed by atoms with Crippen molar-refractivity contribution in [3.8, 4) is 5.75 Å². The second-order valence-electron chi connectivity index (χ2n) is 6.40. The summed E-state index contributed by atoms with van der Waals surface area (Å²) in [5.41, 5.74) is 0. The molecule has 5 heteroatoms. The molecule has 0 amide bonds. The first-order valence-corrected chi connectivity index (χ1v) is 8.17. The van der Waals surface area contributed by atoms with Crippen LogP contribution < -0.4 is 4.74 Å². The fourth-order valence-corrected chi connectivity index (χ4v) is 3.65. The molecule has 23 heavy (non-hydrogen) atoms. The van der Waals surface area contributed by atoms with E-state index in [1.807, 2.05) is 18.2 Å². The van der Waals surface area contributed by atoms with Crippen LogP contribution in [0, 0.1) is 5.82 Å². The fraction of sp³-hybridized carbons (Fsp3) is 0.444. The number of furan rings is 1. The van der Waals surface area contributed by atoms with Crippen LogP contribution in [0.4, 0.5) is 4.39 Å². The standard InChI is InChI=1S/C18H21FN2O2/c19-14-3-1-4-16(9-14)23-18-10-15-11-20(6-7-21(15)13-18)12-17-5-2-8-22-17/h1-5,8-9,15,18H,6-7,10-13H2/t15-,18+/m0/s1. The minimum Gasteiger partial charge on any atom is -0.489 e. The van der Waals surface area contributed by atoms with Crippen molar-refractivity contribution in [2.24, 2.45) is 0 Å². The Kier molecular flexibility index (Phi) is 4.06. The first-order chi connectivity index (χ1) is 11.3. The van der Waals surface area contributed by atoms with Gasteiger partial charge < -0.3 is 9.15 Å². The minimum atomic E-state index is -0.247. The van der Waals surface area contributed by atoms with Gasteiger partial charge in [0.2, 0.25) is 0 Å². The highest BCUT2D eigenvalue weighted by atomic mass is 19.1. The molecule has 4 rings (SSSR count). The maximum atomic E-state index is 13.3. The molecule has 2 aliphatic rings. The summed E-state index contributed by atoms with van der Waals surface area (Å²) >= 11 is 0. The van der Waals surface area contributed by atoms with Gasteiger partial charge in [0.05, 0.1) is 12.8 Å². The zero-order valence-electron chi connectivity index (χ0n) is 13.0. The van der Waals surface area contributed by atoms with Crippen LogP contribution >= 0.6 is 0 Å². The number of benzene rings is 1. The molecule has 0 aliphatic carbocycles. The lowest BCUT2D eigenvalue weighted by Crippen LogP contribution is -2.49. The van der Waals surface area contributed by atoms with Crippen molar-refractivity contribution in [3.63, 3.8) is 0 Å². The first-order valence-electron chi connectivity index (χ1n) is 8.17. The number of halogens is 1. The van der Waals surface area contributed by atoms with Gasteiger partial charge in [-0.25, -0.2) is 4.39 Å². The van der Waals surface area contributed by atoms with E-state index in [1.54, 1.807) is 12.3 Å². The normalized spacial score (nSPS) is 25.4. The molecule has 0 unspecified atom stereocenters. The molecule has 0 N–H and O–H groups in total. The Morgan fingerprint density at radius 2 is 2.13 bits per heavy atom. The molecule has 3 heterocycles. The van der Waals surface area contributed by atoms with Crippen molar-refractivity contribution in [2.75, 3.05) is 26.2 Å². The molecule has 2 atom stereocenters. The molecular weight excluding hydrogens is 295 g/mol. The molecule has 2 aromatic rings. The van der Waals surface area contributed by atoms with Gasteiger partial charge in [0.15, 0.2) is 0 Å². The Morgan fingerprint density at radius 3 is 2.96 bits per heavy atom. The number of piperazine rings is 1. The average molecular weight is 316 g/mol. The predicted molar refractivity (Wildman–Crippen MR) is 84.8 cm³/mol. The third-order valence-electron chi connectivity index (χ3n) is 4.72. The second-order valence-corrected chi connectivity index (χ2v) is 6.40. The molecular formula is C18H21FN2O2. The summed E-state index contributed by atoms with van der Waals surface area (Å²) in [5, 5.41) is 0. The van der Waals surface area contributed by atoms with Crippen molar-refractivity contribution >= 4 is 0 Å². The highest BCUT2D eigenvalue weighted by Crippen LogP contribution is 2.26. The SMILES string of the molecule is Fc1cccc(O[C@@H]2C[C@H]3CN(Cc4ccco4)CCN3C2)c1. The molecule has 1 aromatic heterocycles. The van der Waals surface area contributed by atoms with Gasteiger partial charge >= 0.3 is 0 Å². The van der Waals surface area contributed by atoms with E-state index in [0.29, 0.717) is 11.8 Å². The summed E-state index contributed by atoms with van der Waals surface area (Å²) in [6.07, 6.45) is 2.86. The zero-order chi connectivity index (χ0) is 15.6.